The highest BCUT2D eigenvalue weighted by molar-refractivity contribution is 5.84. The molecule has 0 bridgehead atoms. The minimum absolute atomic E-state index is 0.0738. The number of carbonyl (C=O) groups excluding carboxylic acids is 1. The molecule has 1 aliphatic heterocycles. The smallest absolute Gasteiger partial charge is 0.259 e. The molecule has 0 aliphatic carbocycles. The van der Waals surface area contributed by atoms with E-state index in [2.05, 4.69) is 15.8 Å². The van der Waals surface area contributed by atoms with Crippen LogP contribution in [0.4, 0.5) is 5.69 Å². The molecule has 24 heavy (non-hydrogen) atoms. The Morgan fingerprint density at radius 1 is 1.21 bits per heavy atom. The summed E-state index contributed by atoms with van der Waals surface area (Å²) in [5.74, 6) is 1.06. The van der Waals surface area contributed by atoms with Crippen LogP contribution in [0.3, 0.4) is 0 Å². The van der Waals surface area contributed by atoms with Gasteiger partial charge < -0.3 is 14.8 Å². The van der Waals surface area contributed by atoms with E-state index in [1.807, 2.05) is 6.07 Å². The molecule has 3 rings (SSSR count). The van der Waals surface area contributed by atoms with Crippen LogP contribution in [0, 0.1) is 11.3 Å². The Hall–Kier alpha value is -3.53. The van der Waals surface area contributed by atoms with E-state index in [0.717, 1.165) is 11.3 Å². The molecule has 2 aromatic rings. The predicted octanol–water partition coefficient (Wildman–Crippen LogP) is 1.85. The standard InChI is InChI=1S/C17H14N4O3/c18-8-12-1-3-13(4-2-12)9-20-21-17(22)10-19-14-5-6-15-16(7-14)24-11-23-15/h1-7,9,19H,10-11H2,(H,21,22)/b20-9+. The van der Waals surface area contributed by atoms with E-state index in [0.29, 0.717) is 17.1 Å². The van der Waals surface area contributed by atoms with Gasteiger partial charge in [-0.25, -0.2) is 5.43 Å². The highest BCUT2D eigenvalue weighted by atomic mass is 16.7. The number of hydrogen-bond acceptors (Lipinski definition) is 6. The number of fused-ring (bicyclic) bond motifs is 1. The molecule has 1 amide bonds. The normalized spacial score (nSPS) is 12.0. The summed E-state index contributed by atoms with van der Waals surface area (Å²) in [7, 11) is 0. The van der Waals surface area contributed by atoms with Gasteiger partial charge in [-0.05, 0) is 29.8 Å². The lowest BCUT2D eigenvalue weighted by Gasteiger charge is -2.06. The van der Waals surface area contributed by atoms with Gasteiger partial charge in [0.15, 0.2) is 11.5 Å². The summed E-state index contributed by atoms with van der Waals surface area (Å²) in [4.78, 5) is 11.8. The largest absolute Gasteiger partial charge is 0.454 e. The first-order chi connectivity index (χ1) is 11.7. The Kier molecular flexibility index (Phi) is 4.58. The zero-order valence-corrected chi connectivity index (χ0v) is 12.7. The van der Waals surface area contributed by atoms with Gasteiger partial charge in [0.25, 0.3) is 5.91 Å². The second-order valence-electron chi connectivity index (χ2n) is 4.95. The fourth-order valence-corrected chi connectivity index (χ4v) is 2.05. The Morgan fingerprint density at radius 2 is 2.00 bits per heavy atom. The topological polar surface area (TPSA) is 95.7 Å². The van der Waals surface area contributed by atoms with E-state index in [-0.39, 0.29) is 19.2 Å². The van der Waals surface area contributed by atoms with Gasteiger partial charge in [0.05, 0.1) is 24.4 Å². The van der Waals surface area contributed by atoms with Gasteiger partial charge in [0.1, 0.15) is 0 Å². The Balaban J connectivity index is 1.47. The number of nitrogens with zero attached hydrogens (tertiary/aromatic N) is 2. The van der Waals surface area contributed by atoms with Crippen molar-refractivity contribution in [3.05, 3.63) is 53.6 Å². The maximum Gasteiger partial charge on any atom is 0.259 e. The third-order valence-electron chi connectivity index (χ3n) is 3.27. The number of benzene rings is 2. The van der Waals surface area contributed by atoms with Crippen LogP contribution in [-0.4, -0.2) is 25.5 Å². The average molecular weight is 322 g/mol. The van der Waals surface area contributed by atoms with Crippen LogP contribution in [0.15, 0.2) is 47.6 Å². The number of anilines is 1. The first kappa shape index (κ1) is 15.4. The average Bonchev–Trinajstić information content (AvgIpc) is 3.08. The number of rotatable bonds is 5. The minimum atomic E-state index is -0.280. The third-order valence-corrected chi connectivity index (χ3v) is 3.27. The van der Waals surface area contributed by atoms with Gasteiger partial charge in [0.2, 0.25) is 6.79 Å². The van der Waals surface area contributed by atoms with Crippen molar-refractivity contribution in [2.45, 2.75) is 0 Å². The molecule has 0 radical (unpaired) electrons. The van der Waals surface area contributed by atoms with Crippen LogP contribution >= 0.6 is 0 Å². The molecule has 0 saturated carbocycles. The first-order valence-electron chi connectivity index (χ1n) is 7.20. The molecule has 1 aliphatic rings. The molecule has 0 saturated heterocycles. The molecule has 2 N–H and O–H groups in total. The monoisotopic (exact) mass is 322 g/mol. The third kappa shape index (κ3) is 3.81. The highest BCUT2D eigenvalue weighted by Crippen LogP contribution is 2.34. The minimum Gasteiger partial charge on any atom is -0.454 e. The Labute approximate surface area is 138 Å². The van der Waals surface area contributed by atoms with E-state index in [1.54, 1.807) is 42.5 Å². The number of nitriles is 1. The summed E-state index contributed by atoms with van der Waals surface area (Å²) in [5.41, 5.74) is 4.55. The fourth-order valence-electron chi connectivity index (χ4n) is 2.05. The molecular weight excluding hydrogens is 308 g/mol. The second kappa shape index (κ2) is 7.15. The number of nitrogens with one attached hydrogen (secondary N) is 2. The van der Waals surface area contributed by atoms with Crippen molar-refractivity contribution in [3.63, 3.8) is 0 Å². The van der Waals surface area contributed by atoms with Crippen LogP contribution in [0.1, 0.15) is 11.1 Å². The second-order valence-corrected chi connectivity index (χ2v) is 4.95. The van der Waals surface area contributed by atoms with Crippen molar-refractivity contribution in [2.24, 2.45) is 5.10 Å². The lowest BCUT2D eigenvalue weighted by atomic mass is 10.2. The van der Waals surface area contributed by atoms with Crippen LogP contribution < -0.4 is 20.2 Å². The quantitative estimate of drug-likeness (QED) is 0.647. The van der Waals surface area contributed by atoms with Crippen molar-refractivity contribution in [1.82, 2.24) is 5.43 Å². The van der Waals surface area contributed by atoms with Crippen LogP contribution in [0.2, 0.25) is 0 Å². The summed E-state index contributed by atoms with van der Waals surface area (Å²) in [6.45, 7) is 0.285. The zero-order valence-electron chi connectivity index (χ0n) is 12.7. The van der Waals surface area contributed by atoms with Gasteiger partial charge in [-0.3, -0.25) is 4.79 Å². The van der Waals surface area contributed by atoms with Gasteiger partial charge in [-0.1, -0.05) is 12.1 Å². The van der Waals surface area contributed by atoms with E-state index in [1.165, 1.54) is 6.21 Å². The molecule has 0 unspecified atom stereocenters. The molecule has 120 valence electrons. The predicted molar refractivity (Wildman–Crippen MR) is 87.9 cm³/mol. The first-order valence-corrected chi connectivity index (χ1v) is 7.20. The lowest BCUT2D eigenvalue weighted by molar-refractivity contribution is -0.119. The van der Waals surface area contributed by atoms with Crippen molar-refractivity contribution >= 4 is 17.8 Å². The Morgan fingerprint density at radius 3 is 2.79 bits per heavy atom. The molecule has 7 nitrogen and oxygen atoms in total. The number of amides is 1. The molecule has 1 heterocycles. The van der Waals surface area contributed by atoms with Crippen molar-refractivity contribution in [2.75, 3.05) is 18.7 Å². The summed E-state index contributed by atoms with van der Waals surface area (Å²) in [6.07, 6.45) is 1.51. The molecular formula is C17H14N4O3. The molecule has 0 spiro atoms. The summed E-state index contributed by atoms with van der Waals surface area (Å²) in [5, 5.41) is 15.6. The van der Waals surface area contributed by atoms with Crippen LogP contribution in [-0.2, 0) is 4.79 Å². The van der Waals surface area contributed by atoms with E-state index < -0.39 is 0 Å². The number of carbonyl (C=O) groups is 1. The van der Waals surface area contributed by atoms with Crippen molar-refractivity contribution in [1.29, 1.82) is 5.26 Å². The molecule has 7 heteroatoms. The van der Waals surface area contributed by atoms with Gasteiger partial charge >= 0.3 is 0 Å². The summed E-state index contributed by atoms with van der Waals surface area (Å²) in [6, 6.07) is 14.3. The van der Waals surface area contributed by atoms with Crippen molar-refractivity contribution < 1.29 is 14.3 Å². The number of hydrogen-bond donors (Lipinski definition) is 2. The van der Waals surface area contributed by atoms with Gasteiger partial charge in [-0.2, -0.15) is 10.4 Å². The van der Waals surface area contributed by atoms with Crippen LogP contribution in [0.25, 0.3) is 0 Å². The molecule has 2 aromatic carbocycles. The molecule has 0 aromatic heterocycles. The van der Waals surface area contributed by atoms with Crippen LogP contribution in [0.5, 0.6) is 11.5 Å². The zero-order chi connectivity index (χ0) is 16.8. The summed E-state index contributed by atoms with van der Waals surface area (Å²) >= 11 is 0. The van der Waals surface area contributed by atoms with E-state index in [9.17, 15) is 4.79 Å². The molecule has 0 fully saturated rings. The van der Waals surface area contributed by atoms with Gasteiger partial charge in [-0.15, -0.1) is 0 Å². The number of hydrazone groups is 1. The fraction of sp³-hybridized carbons (Fsp3) is 0.118. The van der Waals surface area contributed by atoms with E-state index >= 15 is 0 Å². The SMILES string of the molecule is N#Cc1ccc(/C=N/NC(=O)CNc2ccc3c(c2)OCO3)cc1. The number of ether oxygens (including phenoxy) is 2. The van der Waals surface area contributed by atoms with E-state index in [4.69, 9.17) is 14.7 Å². The lowest BCUT2D eigenvalue weighted by Crippen LogP contribution is -2.25. The van der Waals surface area contributed by atoms with Crippen molar-refractivity contribution in [3.8, 4) is 17.6 Å². The molecule has 0 atom stereocenters. The maximum atomic E-state index is 11.8. The highest BCUT2D eigenvalue weighted by Gasteiger charge is 2.13. The Bertz CT molecular complexity index is 810. The maximum absolute atomic E-state index is 11.8. The summed E-state index contributed by atoms with van der Waals surface area (Å²) < 4.78 is 10.5. The van der Waals surface area contributed by atoms with Gasteiger partial charge in [0, 0.05) is 11.8 Å².